The Morgan fingerprint density at radius 2 is 2.07 bits per heavy atom. The third-order valence-electron chi connectivity index (χ3n) is 4.76. The van der Waals surface area contributed by atoms with E-state index in [-0.39, 0.29) is 18.4 Å². The number of nitrogens with zero attached hydrogens (tertiary/aromatic N) is 2. The van der Waals surface area contributed by atoms with E-state index in [1.807, 2.05) is 48.5 Å². The summed E-state index contributed by atoms with van der Waals surface area (Å²) in [5.41, 5.74) is 1.79. The van der Waals surface area contributed by atoms with E-state index in [0.29, 0.717) is 6.54 Å². The number of carbonyl (C=O) groups is 1. The number of thiazole rings is 1. The van der Waals surface area contributed by atoms with Gasteiger partial charge in [0, 0.05) is 12.2 Å². The molecule has 1 aliphatic rings. The molecule has 0 spiro atoms. The lowest BCUT2D eigenvalue weighted by Gasteiger charge is -2.23. The standard InChI is InChI=1S/C21H22N2O3S/c1-25-18-10-4-2-7-15(18)13-20(24)23(14-16-8-6-12-26-16)21-22-17-9-3-5-11-19(17)27-21/h2-5,7,9-11,16H,6,8,12-14H2,1H3. The fraction of sp³-hybridized carbons (Fsp3) is 0.333. The van der Waals surface area contributed by atoms with Crippen molar-refractivity contribution in [1.82, 2.24) is 4.98 Å². The van der Waals surface area contributed by atoms with Crippen LogP contribution in [0.15, 0.2) is 48.5 Å². The molecule has 0 N–H and O–H groups in total. The fourth-order valence-electron chi connectivity index (χ4n) is 3.36. The van der Waals surface area contributed by atoms with Gasteiger partial charge in [0.25, 0.3) is 0 Å². The number of aromatic nitrogens is 1. The minimum Gasteiger partial charge on any atom is -0.496 e. The van der Waals surface area contributed by atoms with E-state index in [1.54, 1.807) is 23.3 Å². The van der Waals surface area contributed by atoms with Crippen molar-refractivity contribution in [3.63, 3.8) is 0 Å². The predicted molar refractivity (Wildman–Crippen MR) is 108 cm³/mol. The van der Waals surface area contributed by atoms with Crippen LogP contribution >= 0.6 is 11.3 Å². The van der Waals surface area contributed by atoms with E-state index < -0.39 is 0 Å². The van der Waals surface area contributed by atoms with E-state index in [1.165, 1.54) is 0 Å². The van der Waals surface area contributed by atoms with Crippen LogP contribution in [0.3, 0.4) is 0 Å². The molecule has 2 aromatic carbocycles. The molecule has 3 aromatic rings. The topological polar surface area (TPSA) is 51.7 Å². The Hall–Kier alpha value is -2.44. The van der Waals surface area contributed by atoms with Crippen LogP contribution < -0.4 is 9.64 Å². The number of carbonyl (C=O) groups excluding carboxylic acids is 1. The van der Waals surface area contributed by atoms with E-state index >= 15 is 0 Å². The number of amides is 1. The van der Waals surface area contributed by atoms with Gasteiger partial charge >= 0.3 is 0 Å². The van der Waals surface area contributed by atoms with Gasteiger partial charge in [-0.15, -0.1) is 0 Å². The Balaban J connectivity index is 1.63. The number of benzene rings is 2. The summed E-state index contributed by atoms with van der Waals surface area (Å²) < 4.78 is 12.3. The maximum Gasteiger partial charge on any atom is 0.233 e. The first-order chi connectivity index (χ1) is 13.2. The van der Waals surface area contributed by atoms with Crippen molar-refractivity contribution in [2.24, 2.45) is 0 Å². The number of rotatable bonds is 6. The van der Waals surface area contributed by atoms with Gasteiger partial charge in [-0.05, 0) is 31.0 Å². The van der Waals surface area contributed by atoms with Crippen molar-refractivity contribution in [3.05, 3.63) is 54.1 Å². The quantitative estimate of drug-likeness (QED) is 0.645. The molecule has 27 heavy (non-hydrogen) atoms. The molecule has 6 heteroatoms. The van der Waals surface area contributed by atoms with Crippen molar-refractivity contribution >= 4 is 32.6 Å². The second-order valence-corrected chi connectivity index (χ2v) is 7.60. The second-order valence-electron chi connectivity index (χ2n) is 6.59. The van der Waals surface area contributed by atoms with Gasteiger partial charge in [0.15, 0.2) is 5.13 Å². The summed E-state index contributed by atoms with van der Waals surface area (Å²) in [7, 11) is 1.63. The highest BCUT2D eigenvalue weighted by Crippen LogP contribution is 2.30. The van der Waals surface area contributed by atoms with Crippen LogP contribution in [0.4, 0.5) is 5.13 Å². The Morgan fingerprint density at radius 3 is 2.85 bits per heavy atom. The summed E-state index contributed by atoms with van der Waals surface area (Å²) >= 11 is 1.54. The fourth-order valence-corrected chi connectivity index (χ4v) is 4.35. The average molecular weight is 382 g/mol. The van der Waals surface area contributed by atoms with Crippen LogP contribution in [0, 0.1) is 0 Å². The lowest BCUT2D eigenvalue weighted by atomic mass is 10.1. The summed E-state index contributed by atoms with van der Waals surface area (Å²) in [4.78, 5) is 19.7. The smallest absolute Gasteiger partial charge is 0.233 e. The molecule has 1 amide bonds. The first kappa shape index (κ1) is 17.9. The van der Waals surface area contributed by atoms with Crippen LogP contribution in [0.2, 0.25) is 0 Å². The zero-order valence-corrected chi connectivity index (χ0v) is 16.1. The molecular weight excluding hydrogens is 360 g/mol. The summed E-state index contributed by atoms with van der Waals surface area (Å²) in [6.07, 6.45) is 2.35. The minimum atomic E-state index is 0.00839. The molecular formula is C21H22N2O3S. The minimum absolute atomic E-state index is 0.00839. The normalized spacial score (nSPS) is 16.6. The molecule has 0 radical (unpaired) electrons. The van der Waals surface area contributed by atoms with E-state index in [9.17, 15) is 4.79 Å². The highest BCUT2D eigenvalue weighted by Gasteiger charge is 2.26. The van der Waals surface area contributed by atoms with Gasteiger partial charge in [0.1, 0.15) is 5.75 Å². The van der Waals surface area contributed by atoms with E-state index in [0.717, 1.165) is 46.1 Å². The van der Waals surface area contributed by atoms with Crippen LogP contribution in [0.5, 0.6) is 5.75 Å². The zero-order valence-electron chi connectivity index (χ0n) is 15.3. The van der Waals surface area contributed by atoms with Gasteiger partial charge in [-0.25, -0.2) is 4.98 Å². The molecule has 0 aliphatic carbocycles. The Labute approximate surface area is 162 Å². The van der Waals surface area contributed by atoms with Gasteiger partial charge in [-0.3, -0.25) is 9.69 Å². The predicted octanol–water partition coefficient (Wildman–Crippen LogP) is 4.06. The number of methoxy groups -OCH3 is 1. The number of para-hydroxylation sites is 2. The molecule has 1 aliphatic heterocycles. The lowest BCUT2D eigenvalue weighted by molar-refractivity contribution is -0.118. The SMILES string of the molecule is COc1ccccc1CC(=O)N(CC1CCCO1)c1nc2ccccc2s1. The van der Waals surface area contributed by atoms with Gasteiger partial charge in [-0.1, -0.05) is 41.7 Å². The number of anilines is 1. The van der Waals surface area contributed by atoms with Crippen molar-refractivity contribution < 1.29 is 14.3 Å². The second kappa shape index (κ2) is 8.06. The molecule has 1 unspecified atom stereocenters. The first-order valence-electron chi connectivity index (χ1n) is 9.14. The zero-order chi connectivity index (χ0) is 18.6. The molecule has 4 rings (SSSR count). The van der Waals surface area contributed by atoms with Gasteiger partial charge < -0.3 is 9.47 Å². The maximum atomic E-state index is 13.2. The maximum absolute atomic E-state index is 13.2. The lowest BCUT2D eigenvalue weighted by Crippen LogP contribution is -2.38. The van der Waals surface area contributed by atoms with E-state index in [2.05, 4.69) is 0 Å². The molecule has 140 valence electrons. The third-order valence-corrected chi connectivity index (χ3v) is 5.82. The van der Waals surface area contributed by atoms with Crippen LogP contribution in [0.25, 0.3) is 10.2 Å². The summed E-state index contributed by atoms with van der Waals surface area (Å²) in [5.74, 6) is 0.737. The molecule has 2 heterocycles. The Kier molecular flexibility index (Phi) is 5.36. The number of hydrogen-bond acceptors (Lipinski definition) is 5. The van der Waals surface area contributed by atoms with Crippen molar-refractivity contribution in [2.45, 2.75) is 25.4 Å². The highest BCUT2D eigenvalue weighted by molar-refractivity contribution is 7.22. The van der Waals surface area contributed by atoms with Gasteiger partial charge in [0.05, 0.1) is 36.4 Å². The molecule has 1 aromatic heterocycles. The molecule has 1 saturated heterocycles. The van der Waals surface area contributed by atoms with Gasteiger partial charge in [-0.2, -0.15) is 0 Å². The van der Waals surface area contributed by atoms with Crippen LogP contribution in [0.1, 0.15) is 18.4 Å². The molecule has 1 atom stereocenters. The number of ether oxygens (including phenoxy) is 2. The largest absolute Gasteiger partial charge is 0.496 e. The summed E-state index contributed by atoms with van der Waals surface area (Å²) in [6, 6.07) is 15.6. The van der Waals surface area contributed by atoms with E-state index in [4.69, 9.17) is 14.5 Å². The van der Waals surface area contributed by atoms with Crippen molar-refractivity contribution in [2.75, 3.05) is 25.2 Å². The summed E-state index contributed by atoms with van der Waals surface area (Å²) in [6.45, 7) is 1.30. The van der Waals surface area contributed by atoms with Crippen molar-refractivity contribution in [1.29, 1.82) is 0 Å². The number of hydrogen-bond donors (Lipinski definition) is 0. The average Bonchev–Trinajstić information content (AvgIpc) is 3.35. The molecule has 0 bridgehead atoms. The van der Waals surface area contributed by atoms with Crippen LogP contribution in [-0.2, 0) is 16.0 Å². The molecule has 0 saturated carbocycles. The van der Waals surface area contributed by atoms with Gasteiger partial charge in [0.2, 0.25) is 5.91 Å². The van der Waals surface area contributed by atoms with Crippen molar-refractivity contribution in [3.8, 4) is 5.75 Å². The Bertz CT molecular complexity index is 901. The summed E-state index contributed by atoms with van der Waals surface area (Å²) in [5, 5.41) is 0.728. The number of fused-ring (bicyclic) bond motifs is 1. The van der Waals surface area contributed by atoms with Crippen LogP contribution in [-0.4, -0.2) is 37.3 Å². The third kappa shape index (κ3) is 3.96. The monoisotopic (exact) mass is 382 g/mol. The highest BCUT2D eigenvalue weighted by atomic mass is 32.1. The first-order valence-corrected chi connectivity index (χ1v) is 9.95. The Morgan fingerprint density at radius 1 is 1.26 bits per heavy atom. The molecule has 1 fully saturated rings. The molecule has 5 nitrogen and oxygen atoms in total.